The van der Waals surface area contributed by atoms with E-state index in [1.165, 1.54) is 0 Å². The third-order valence-electron chi connectivity index (χ3n) is 7.93. The summed E-state index contributed by atoms with van der Waals surface area (Å²) in [7, 11) is 1.75. The lowest BCUT2D eigenvalue weighted by molar-refractivity contribution is -0.233. The Morgan fingerprint density at radius 2 is 1.75 bits per heavy atom. The molecular weight excluding hydrogens is 573 g/mol. The van der Waals surface area contributed by atoms with E-state index in [-0.39, 0.29) is 18.2 Å². The number of alkyl halides is 3. The maximum atomic E-state index is 13.1. The molecule has 2 atom stereocenters. The summed E-state index contributed by atoms with van der Waals surface area (Å²) < 4.78 is 44.0. The number of anilines is 1. The summed E-state index contributed by atoms with van der Waals surface area (Å²) in [5, 5.41) is 8.78. The fourth-order valence-electron chi connectivity index (χ4n) is 5.58. The highest BCUT2D eigenvalue weighted by atomic mass is 19.4. The Morgan fingerprint density at radius 1 is 1.00 bits per heavy atom. The number of rotatable bonds is 7. The molecule has 6 rings (SSSR count). The van der Waals surface area contributed by atoms with Crippen molar-refractivity contribution in [3.05, 3.63) is 101 Å². The molecule has 1 aromatic heterocycles. The number of benzene rings is 3. The number of nitrogens with zero attached hydrogens (tertiary/aromatic N) is 3. The van der Waals surface area contributed by atoms with E-state index in [2.05, 4.69) is 44.2 Å². The van der Waals surface area contributed by atoms with Crippen molar-refractivity contribution in [1.29, 1.82) is 0 Å². The van der Waals surface area contributed by atoms with Gasteiger partial charge < -0.3 is 14.5 Å². The SMILES string of the molecule is COC1CCN(c2ccc(/C=C/c3n[nH]c4cc(/C=C5/C(=O)N(OC(=O)C(F)(F)F)CC5c5ccccc5)ccc34)cc2)C1. The molecule has 3 aromatic carbocycles. The highest BCUT2D eigenvalue weighted by molar-refractivity contribution is 6.02. The van der Waals surface area contributed by atoms with E-state index >= 15 is 0 Å². The molecule has 11 heteroatoms. The average molecular weight is 603 g/mol. The van der Waals surface area contributed by atoms with Gasteiger partial charge in [0.2, 0.25) is 0 Å². The van der Waals surface area contributed by atoms with Gasteiger partial charge in [0.25, 0.3) is 5.91 Å². The summed E-state index contributed by atoms with van der Waals surface area (Å²) in [4.78, 5) is 31.4. The van der Waals surface area contributed by atoms with Gasteiger partial charge in [0.1, 0.15) is 0 Å². The molecule has 4 aromatic rings. The van der Waals surface area contributed by atoms with Crippen molar-refractivity contribution in [2.75, 3.05) is 31.6 Å². The average Bonchev–Trinajstić information content (AvgIpc) is 3.75. The number of methoxy groups -OCH3 is 1. The molecule has 1 N–H and O–H groups in total. The molecule has 2 fully saturated rings. The molecule has 3 heterocycles. The Morgan fingerprint density at radius 3 is 2.45 bits per heavy atom. The minimum atomic E-state index is -5.22. The number of carbonyl (C=O) groups excluding carboxylic acids is 2. The van der Waals surface area contributed by atoms with Gasteiger partial charge in [-0.15, -0.1) is 0 Å². The van der Waals surface area contributed by atoms with Gasteiger partial charge in [-0.25, -0.2) is 4.79 Å². The molecule has 2 unspecified atom stereocenters. The van der Waals surface area contributed by atoms with Crippen LogP contribution in [0.4, 0.5) is 18.9 Å². The van der Waals surface area contributed by atoms with Gasteiger partial charge in [-0.3, -0.25) is 9.89 Å². The van der Waals surface area contributed by atoms with Gasteiger partial charge in [0.15, 0.2) is 0 Å². The number of nitrogens with one attached hydrogen (secondary N) is 1. The molecule has 0 spiro atoms. The quantitative estimate of drug-likeness (QED) is 0.262. The third-order valence-corrected chi connectivity index (χ3v) is 7.93. The largest absolute Gasteiger partial charge is 0.493 e. The Labute approximate surface area is 251 Å². The fraction of sp³-hybridized carbons (Fsp3) is 0.242. The van der Waals surface area contributed by atoms with Crippen molar-refractivity contribution in [3.63, 3.8) is 0 Å². The van der Waals surface area contributed by atoms with Gasteiger partial charge in [0, 0.05) is 42.8 Å². The van der Waals surface area contributed by atoms with E-state index in [0.717, 1.165) is 47.4 Å². The van der Waals surface area contributed by atoms with Crippen LogP contribution < -0.4 is 4.90 Å². The number of aromatic amines is 1. The monoisotopic (exact) mass is 602 g/mol. The minimum Gasteiger partial charge on any atom is -0.380 e. The van der Waals surface area contributed by atoms with Crippen molar-refractivity contribution in [2.24, 2.45) is 0 Å². The van der Waals surface area contributed by atoms with E-state index in [0.29, 0.717) is 16.2 Å². The van der Waals surface area contributed by atoms with Gasteiger partial charge >= 0.3 is 12.1 Å². The van der Waals surface area contributed by atoms with E-state index in [1.54, 1.807) is 49.6 Å². The lowest BCUT2D eigenvalue weighted by Gasteiger charge is -2.18. The van der Waals surface area contributed by atoms with Crippen LogP contribution in [-0.2, 0) is 19.2 Å². The van der Waals surface area contributed by atoms with E-state index in [1.807, 2.05) is 24.3 Å². The van der Waals surface area contributed by atoms with Crippen molar-refractivity contribution < 1.29 is 32.3 Å². The molecule has 0 aliphatic carbocycles. The number of aromatic nitrogens is 2. The zero-order chi connectivity index (χ0) is 30.8. The van der Waals surface area contributed by atoms with E-state index in [9.17, 15) is 22.8 Å². The summed E-state index contributed by atoms with van der Waals surface area (Å²) in [5.74, 6) is -3.85. The summed E-state index contributed by atoms with van der Waals surface area (Å²) in [6.45, 7) is 1.62. The number of H-pyrrole nitrogens is 1. The normalized spacial score (nSPS) is 20.0. The minimum absolute atomic E-state index is 0.209. The first-order valence-corrected chi connectivity index (χ1v) is 14.1. The van der Waals surface area contributed by atoms with E-state index in [4.69, 9.17) is 4.74 Å². The van der Waals surface area contributed by atoms with Gasteiger partial charge in [-0.05, 0) is 59.5 Å². The molecule has 0 saturated carbocycles. The summed E-state index contributed by atoms with van der Waals surface area (Å²) in [6.07, 6.45) is 1.56. The van der Waals surface area contributed by atoms with Crippen LogP contribution >= 0.6 is 0 Å². The maximum absolute atomic E-state index is 13.1. The summed E-state index contributed by atoms with van der Waals surface area (Å²) in [6, 6.07) is 22.7. The van der Waals surface area contributed by atoms with Crippen LogP contribution in [0.3, 0.4) is 0 Å². The van der Waals surface area contributed by atoms with Gasteiger partial charge in [0.05, 0.1) is 23.9 Å². The van der Waals surface area contributed by atoms with Crippen molar-refractivity contribution in [1.82, 2.24) is 15.3 Å². The number of hydrogen-bond acceptors (Lipinski definition) is 6. The zero-order valence-corrected chi connectivity index (χ0v) is 23.8. The van der Waals surface area contributed by atoms with Crippen LogP contribution in [-0.4, -0.2) is 66.2 Å². The molecule has 8 nitrogen and oxygen atoms in total. The Hall–Kier alpha value is -4.90. The topological polar surface area (TPSA) is 87.8 Å². The summed E-state index contributed by atoms with van der Waals surface area (Å²) in [5.41, 5.74) is 5.19. The lowest BCUT2D eigenvalue weighted by atomic mass is 9.92. The molecule has 2 saturated heterocycles. The van der Waals surface area contributed by atoms with Crippen molar-refractivity contribution in [2.45, 2.75) is 24.6 Å². The molecular formula is C33H29F3N4O4. The molecule has 1 amide bonds. The number of ether oxygens (including phenoxy) is 1. The highest BCUT2D eigenvalue weighted by Crippen LogP contribution is 2.36. The standard InChI is InChI=1S/C33H29F3N4O4/c1-43-25-15-16-39(19-25)24-11-7-21(8-12-24)10-14-29-26-13-9-22(18-30(26)38-37-29)17-27-28(23-5-3-2-4-6-23)20-40(31(27)41)44-32(42)33(34,35)36/h2-14,17-18,25,28H,15-16,19-20H2,1H3,(H,37,38)/b14-10+,27-17+. The number of hydrogen-bond donors (Lipinski definition) is 1. The predicted molar refractivity (Wildman–Crippen MR) is 160 cm³/mol. The van der Waals surface area contributed by atoms with Crippen LogP contribution in [0.15, 0.2) is 78.4 Å². The highest BCUT2D eigenvalue weighted by Gasteiger charge is 2.46. The second-order valence-electron chi connectivity index (χ2n) is 10.7. The molecule has 2 aliphatic heterocycles. The van der Waals surface area contributed by atoms with Crippen LogP contribution in [0, 0.1) is 0 Å². The van der Waals surface area contributed by atoms with Gasteiger partial charge in [-0.1, -0.05) is 54.6 Å². The Bertz CT molecular complexity index is 1730. The Kier molecular flexibility index (Phi) is 7.96. The number of halogens is 3. The first-order chi connectivity index (χ1) is 21.2. The number of hydroxylamine groups is 2. The van der Waals surface area contributed by atoms with Crippen LogP contribution in [0.25, 0.3) is 29.1 Å². The fourth-order valence-corrected chi connectivity index (χ4v) is 5.58. The first-order valence-electron chi connectivity index (χ1n) is 14.1. The smallest absolute Gasteiger partial charge is 0.380 e. The maximum Gasteiger partial charge on any atom is 0.493 e. The second kappa shape index (κ2) is 12.0. The number of fused-ring (bicyclic) bond motifs is 1. The predicted octanol–water partition coefficient (Wildman–Crippen LogP) is 5.99. The lowest BCUT2D eigenvalue weighted by Crippen LogP contribution is -2.35. The molecule has 2 aliphatic rings. The van der Waals surface area contributed by atoms with Crippen LogP contribution in [0.1, 0.15) is 34.7 Å². The molecule has 44 heavy (non-hydrogen) atoms. The molecule has 0 bridgehead atoms. The number of carbonyl (C=O) groups is 2. The van der Waals surface area contributed by atoms with E-state index < -0.39 is 24.0 Å². The summed E-state index contributed by atoms with van der Waals surface area (Å²) >= 11 is 0. The molecule has 226 valence electrons. The third kappa shape index (κ3) is 6.09. The van der Waals surface area contributed by atoms with Crippen LogP contribution in [0.5, 0.6) is 0 Å². The van der Waals surface area contributed by atoms with Gasteiger partial charge in [-0.2, -0.15) is 23.3 Å². The van der Waals surface area contributed by atoms with Crippen LogP contribution in [0.2, 0.25) is 0 Å². The first kappa shape index (κ1) is 29.2. The second-order valence-corrected chi connectivity index (χ2v) is 10.7. The Balaban J connectivity index is 1.21. The number of amides is 1. The van der Waals surface area contributed by atoms with Crippen molar-refractivity contribution >= 4 is 46.7 Å². The zero-order valence-electron chi connectivity index (χ0n) is 23.8. The van der Waals surface area contributed by atoms with Crippen molar-refractivity contribution in [3.8, 4) is 0 Å². The molecule has 0 radical (unpaired) electrons.